The Morgan fingerprint density at radius 1 is 1.06 bits per heavy atom. The van der Waals surface area contributed by atoms with E-state index in [-0.39, 0.29) is 29.3 Å². The van der Waals surface area contributed by atoms with Gasteiger partial charge in [0, 0.05) is 30.6 Å². The van der Waals surface area contributed by atoms with Crippen molar-refractivity contribution in [1.29, 1.82) is 0 Å². The number of nitrogens with zero attached hydrogens (tertiary/aromatic N) is 1. The zero-order valence-corrected chi connectivity index (χ0v) is 18.2. The summed E-state index contributed by atoms with van der Waals surface area (Å²) in [6.07, 6.45) is 3.85. The monoisotopic (exact) mass is 448 g/mol. The lowest BCUT2D eigenvalue weighted by Gasteiger charge is -2.21. The Kier molecular flexibility index (Phi) is 6.12. The first-order chi connectivity index (χ1) is 14.7. The summed E-state index contributed by atoms with van der Waals surface area (Å²) in [4.78, 5) is 14.9. The molecule has 0 bridgehead atoms. The van der Waals surface area contributed by atoms with Crippen LogP contribution in [0, 0.1) is 17.6 Å². The van der Waals surface area contributed by atoms with Crippen LogP contribution in [0.5, 0.6) is 0 Å². The van der Waals surface area contributed by atoms with E-state index in [0.29, 0.717) is 37.9 Å². The van der Waals surface area contributed by atoms with Crippen LogP contribution >= 0.6 is 0 Å². The molecule has 0 unspecified atom stereocenters. The number of hydrogen-bond donors (Lipinski definition) is 1. The topological polar surface area (TPSA) is 66.5 Å². The molecule has 1 saturated heterocycles. The number of rotatable bonds is 5. The summed E-state index contributed by atoms with van der Waals surface area (Å²) in [5.41, 5.74) is 1.68. The maximum absolute atomic E-state index is 14.4. The number of hydrogen-bond acceptors (Lipinski definition) is 3. The van der Waals surface area contributed by atoms with E-state index in [1.165, 1.54) is 6.07 Å². The molecule has 1 heterocycles. The highest BCUT2D eigenvalue weighted by Gasteiger charge is 2.46. The van der Waals surface area contributed by atoms with E-state index in [4.69, 9.17) is 0 Å². The van der Waals surface area contributed by atoms with Crippen LogP contribution < -0.4 is 4.72 Å². The fourth-order valence-electron chi connectivity index (χ4n) is 4.55. The number of benzene rings is 2. The SMILES string of the molecule is CS(=O)(=O)N[C@@H]1CCCN(C(=O)[C@@H]2C[C@H]2c2ccccc2-c2cc(F)ccc2F)CC1. The fraction of sp³-hybridized carbons (Fsp3) is 0.435. The lowest BCUT2D eigenvalue weighted by Crippen LogP contribution is -2.36. The third kappa shape index (κ3) is 5.13. The second-order valence-electron chi connectivity index (χ2n) is 8.50. The lowest BCUT2D eigenvalue weighted by molar-refractivity contribution is -0.132. The Hall–Kier alpha value is -2.32. The summed E-state index contributed by atoms with van der Waals surface area (Å²) in [5.74, 6) is -1.15. The fourth-order valence-corrected chi connectivity index (χ4v) is 5.39. The van der Waals surface area contributed by atoms with Crippen LogP contribution in [0.2, 0.25) is 0 Å². The van der Waals surface area contributed by atoms with Crippen molar-refractivity contribution in [2.75, 3.05) is 19.3 Å². The summed E-state index contributed by atoms with van der Waals surface area (Å²) in [6, 6.07) is 10.5. The number of likely N-dealkylation sites (tertiary alicyclic amines) is 1. The molecule has 2 fully saturated rings. The number of nitrogens with one attached hydrogen (secondary N) is 1. The van der Waals surface area contributed by atoms with Gasteiger partial charge in [-0.05, 0) is 60.9 Å². The van der Waals surface area contributed by atoms with Crippen LogP contribution in [-0.4, -0.2) is 44.6 Å². The van der Waals surface area contributed by atoms with E-state index in [1.807, 2.05) is 17.0 Å². The maximum Gasteiger partial charge on any atom is 0.226 e. The van der Waals surface area contributed by atoms with Crippen LogP contribution in [0.4, 0.5) is 8.78 Å². The minimum absolute atomic E-state index is 0.0282. The van der Waals surface area contributed by atoms with Gasteiger partial charge in [0.1, 0.15) is 11.6 Å². The summed E-state index contributed by atoms with van der Waals surface area (Å²) < 4.78 is 53.7. The van der Waals surface area contributed by atoms with Gasteiger partial charge in [0.15, 0.2) is 0 Å². The Morgan fingerprint density at radius 2 is 1.84 bits per heavy atom. The average Bonchev–Trinajstić information content (AvgIpc) is 3.53. The van der Waals surface area contributed by atoms with Crippen LogP contribution in [0.25, 0.3) is 11.1 Å². The first-order valence-electron chi connectivity index (χ1n) is 10.5. The molecule has 166 valence electrons. The summed E-state index contributed by atoms with van der Waals surface area (Å²) >= 11 is 0. The second-order valence-corrected chi connectivity index (χ2v) is 10.3. The van der Waals surface area contributed by atoms with E-state index in [2.05, 4.69) is 4.72 Å². The number of amides is 1. The molecule has 1 saturated carbocycles. The molecule has 4 rings (SSSR count). The summed E-state index contributed by atoms with van der Waals surface area (Å²) in [5, 5.41) is 0. The molecule has 2 aromatic rings. The quantitative estimate of drug-likeness (QED) is 0.759. The number of carbonyl (C=O) groups excluding carboxylic acids is 1. The Bertz CT molecular complexity index is 1090. The van der Waals surface area contributed by atoms with E-state index < -0.39 is 21.7 Å². The van der Waals surface area contributed by atoms with E-state index in [0.717, 1.165) is 30.4 Å². The largest absolute Gasteiger partial charge is 0.342 e. The molecule has 8 heteroatoms. The van der Waals surface area contributed by atoms with E-state index in [1.54, 1.807) is 12.1 Å². The molecule has 3 atom stereocenters. The van der Waals surface area contributed by atoms with Gasteiger partial charge < -0.3 is 4.90 Å². The van der Waals surface area contributed by atoms with Gasteiger partial charge in [-0.15, -0.1) is 0 Å². The predicted octanol–water partition coefficient (Wildman–Crippen LogP) is 3.67. The highest BCUT2D eigenvalue weighted by Crippen LogP contribution is 2.51. The molecular formula is C23H26F2N2O3S. The minimum atomic E-state index is -3.28. The van der Waals surface area contributed by atoms with Gasteiger partial charge in [-0.25, -0.2) is 21.9 Å². The molecule has 0 aromatic heterocycles. The van der Waals surface area contributed by atoms with Crippen molar-refractivity contribution in [1.82, 2.24) is 9.62 Å². The van der Waals surface area contributed by atoms with Gasteiger partial charge >= 0.3 is 0 Å². The van der Waals surface area contributed by atoms with Crippen molar-refractivity contribution in [3.05, 3.63) is 59.7 Å². The predicted molar refractivity (Wildman–Crippen MR) is 115 cm³/mol. The summed E-state index contributed by atoms with van der Waals surface area (Å²) in [7, 11) is -3.28. The molecule has 31 heavy (non-hydrogen) atoms. The number of carbonyl (C=O) groups is 1. The average molecular weight is 449 g/mol. The standard InChI is InChI=1S/C23H26F2N2O3S/c1-31(29,30)26-16-5-4-11-27(12-10-16)23(28)21-14-19(21)17-6-2-3-7-18(17)20-13-15(24)8-9-22(20)25/h2-3,6-9,13,16,19,21,26H,4-5,10-12,14H2,1H3/t16-,19+,21-/m1/s1. The Labute approximate surface area is 181 Å². The zero-order chi connectivity index (χ0) is 22.2. The zero-order valence-electron chi connectivity index (χ0n) is 17.4. The molecule has 0 spiro atoms. The van der Waals surface area contributed by atoms with Crippen molar-refractivity contribution >= 4 is 15.9 Å². The van der Waals surface area contributed by atoms with Gasteiger partial charge in [0.25, 0.3) is 0 Å². The van der Waals surface area contributed by atoms with Crippen LogP contribution in [0.15, 0.2) is 42.5 Å². The molecule has 5 nitrogen and oxygen atoms in total. The highest BCUT2D eigenvalue weighted by molar-refractivity contribution is 7.88. The molecule has 1 amide bonds. The first kappa shape index (κ1) is 21.9. The molecule has 0 radical (unpaired) electrons. The van der Waals surface area contributed by atoms with E-state index >= 15 is 0 Å². The third-order valence-electron chi connectivity index (χ3n) is 6.11. The van der Waals surface area contributed by atoms with E-state index in [9.17, 15) is 22.0 Å². The Balaban J connectivity index is 1.47. The highest BCUT2D eigenvalue weighted by atomic mass is 32.2. The van der Waals surface area contributed by atoms with Crippen molar-refractivity contribution < 1.29 is 22.0 Å². The smallest absolute Gasteiger partial charge is 0.226 e. The minimum Gasteiger partial charge on any atom is -0.342 e. The van der Waals surface area contributed by atoms with Crippen molar-refractivity contribution in [3.8, 4) is 11.1 Å². The first-order valence-corrected chi connectivity index (χ1v) is 12.4. The lowest BCUT2D eigenvalue weighted by atomic mass is 9.95. The second kappa shape index (κ2) is 8.67. The molecule has 1 aliphatic heterocycles. The molecular weight excluding hydrogens is 422 g/mol. The van der Waals surface area contributed by atoms with Gasteiger partial charge in [-0.2, -0.15) is 0 Å². The maximum atomic E-state index is 14.4. The van der Waals surface area contributed by atoms with Crippen LogP contribution in [0.3, 0.4) is 0 Å². The van der Waals surface area contributed by atoms with Gasteiger partial charge in [-0.1, -0.05) is 24.3 Å². The van der Waals surface area contributed by atoms with Crippen molar-refractivity contribution in [2.24, 2.45) is 5.92 Å². The summed E-state index contributed by atoms with van der Waals surface area (Å²) in [6.45, 7) is 1.11. The van der Waals surface area contributed by atoms with Crippen LogP contribution in [-0.2, 0) is 14.8 Å². The van der Waals surface area contributed by atoms with Gasteiger partial charge in [0.2, 0.25) is 15.9 Å². The molecule has 2 aromatic carbocycles. The number of halogens is 2. The number of sulfonamides is 1. The molecule has 1 N–H and O–H groups in total. The third-order valence-corrected chi connectivity index (χ3v) is 6.87. The Morgan fingerprint density at radius 3 is 2.61 bits per heavy atom. The normalized spacial score (nSPS) is 24.0. The van der Waals surface area contributed by atoms with Crippen molar-refractivity contribution in [3.63, 3.8) is 0 Å². The molecule has 2 aliphatic rings. The van der Waals surface area contributed by atoms with Crippen molar-refractivity contribution in [2.45, 2.75) is 37.6 Å². The van der Waals surface area contributed by atoms with Gasteiger partial charge in [-0.3, -0.25) is 4.79 Å². The van der Waals surface area contributed by atoms with Crippen LogP contribution in [0.1, 0.15) is 37.2 Å². The van der Waals surface area contributed by atoms with Gasteiger partial charge in [0.05, 0.1) is 6.26 Å². The molecule has 1 aliphatic carbocycles.